The summed E-state index contributed by atoms with van der Waals surface area (Å²) in [6.45, 7) is 12.6. The molecule has 0 fully saturated rings. The molecule has 0 radical (unpaired) electrons. The van der Waals surface area contributed by atoms with E-state index in [4.69, 9.17) is 39.5 Å². The summed E-state index contributed by atoms with van der Waals surface area (Å²) in [7, 11) is 0. The van der Waals surface area contributed by atoms with Crippen molar-refractivity contribution in [2.75, 3.05) is 0 Å². The molecule has 1 nitrogen and oxygen atoms in total. The molecule has 0 aromatic heterocycles. The summed E-state index contributed by atoms with van der Waals surface area (Å²) < 4.78 is 4.50. The fourth-order valence-electron chi connectivity index (χ4n) is 1.04. The van der Waals surface area contributed by atoms with Crippen molar-refractivity contribution in [1.29, 1.82) is 0 Å². The normalized spacial score (nSPS) is 9.88. The standard InChI is InChI=1S/C6H14O.C6H14.CHCl3/c1-5(2)7-6(3)4;1-3-5-6-4-2;2-1(3)4/h5-6H,1-4H3;3-6H2,1-2H3;1H. The largest absolute Gasteiger partial charge is 0.376 e. The Labute approximate surface area is 123 Å². The van der Waals surface area contributed by atoms with Crippen LogP contribution in [0.5, 0.6) is 0 Å². The zero-order chi connectivity index (χ0) is 14.3. The van der Waals surface area contributed by atoms with E-state index in [9.17, 15) is 0 Å². The van der Waals surface area contributed by atoms with E-state index in [1.807, 2.05) is 27.7 Å². The number of hydrogen-bond acceptors (Lipinski definition) is 1. The quantitative estimate of drug-likeness (QED) is 0.422. The molecule has 0 saturated carbocycles. The van der Waals surface area contributed by atoms with Crippen molar-refractivity contribution >= 4 is 34.8 Å². The Hall–Kier alpha value is 0.830. The van der Waals surface area contributed by atoms with E-state index in [1.54, 1.807) is 0 Å². The maximum absolute atomic E-state index is 5.25. The lowest BCUT2D eigenvalue weighted by molar-refractivity contribution is 0.0300. The molecule has 0 saturated heterocycles. The monoisotopic (exact) mass is 306 g/mol. The number of ether oxygens (including phenoxy) is 1. The molecular formula is C13H29Cl3O. The first kappa shape index (κ1) is 23.0. The van der Waals surface area contributed by atoms with Crippen LogP contribution in [0.2, 0.25) is 0 Å². The van der Waals surface area contributed by atoms with Gasteiger partial charge in [-0.05, 0) is 27.7 Å². The number of alkyl halides is 3. The van der Waals surface area contributed by atoms with Gasteiger partial charge in [0, 0.05) is 0 Å². The highest BCUT2D eigenvalue weighted by molar-refractivity contribution is 6.63. The highest BCUT2D eigenvalue weighted by Crippen LogP contribution is 2.03. The minimum absolute atomic E-state index is 0.375. The smallest absolute Gasteiger partial charge is 0.180 e. The highest BCUT2D eigenvalue weighted by Gasteiger charge is 1.94. The van der Waals surface area contributed by atoms with Gasteiger partial charge in [0.2, 0.25) is 0 Å². The van der Waals surface area contributed by atoms with Crippen LogP contribution in [0.15, 0.2) is 0 Å². The zero-order valence-electron chi connectivity index (χ0n) is 12.1. The maximum atomic E-state index is 5.25. The molecule has 4 heteroatoms. The van der Waals surface area contributed by atoms with Crippen LogP contribution in [0.1, 0.15) is 67.2 Å². The van der Waals surface area contributed by atoms with E-state index in [0.29, 0.717) is 12.2 Å². The molecule has 0 aliphatic carbocycles. The van der Waals surface area contributed by atoms with Gasteiger partial charge in [-0.15, -0.1) is 0 Å². The second-order valence-corrected chi connectivity index (χ2v) is 6.17. The van der Waals surface area contributed by atoms with Gasteiger partial charge < -0.3 is 4.74 Å². The summed E-state index contributed by atoms with van der Waals surface area (Å²) >= 11 is 14.4. The lowest BCUT2D eigenvalue weighted by Crippen LogP contribution is -2.09. The van der Waals surface area contributed by atoms with E-state index >= 15 is 0 Å². The van der Waals surface area contributed by atoms with Crippen LogP contribution >= 0.6 is 34.8 Å². The van der Waals surface area contributed by atoms with Crippen LogP contribution in [-0.4, -0.2) is 16.5 Å². The maximum Gasteiger partial charge on any atom is 0.180 e. The number of hydrogen-bond donors (Lipinski definition) is 0. The van der Waals surface area contributed by atoms with Crippen molar-refractivity contribution in [3.8, 4) is 0 Å². The van der Waals surface area contributed by atoms with Crippen molar-refractivity contribution in [1.82, 2.24) is 0 Å². The van der Waals surface area contributed by atoms with Crippen molar-refractivity contribution in [3.63, 3.8) is 0 Å². The van der Waals surface area contributed by atoms with Crippen LogP contribution < -0.4 is 0 Å². The Kier molecular flexibility index (Phi) is 25.9. The van der Waals surface area contributed by atoms with Gasteiger partial charge in [0.1, 0.15) is 0 Å². The first-order valence-corrected chi connectivity index (χ1v) is 7.66. The Bertz CT molecular complexity index is 104. The average molecular weight is 308 g/mol. The van der Waals surface area contributed by atoms with E-state index in [2.05, 4.69) is 13.8 Å². The Morgan fingerprint density at radius 1 is 0.765 bits per heavy atom. The Balaban J connectivity index is -0.000000180. The van der Waals surface area contributed by atoms with E-state index in [-0.39, 0.29) is 0 Å². The summed E-state index contributed by atoms with van der Waals surface area (Å²) in [5, 5.41) is 0. The molecule has 0 atom stereocenters. The molecule has 17 heavy (non-hydrogen) atoms. The van der Waals surface area contributed by atoms with E-state index in [0.717, 1.165) is 0 Å². The predicted molar refractivity (Wildman–Crippen MR) is 82.5 cm³/mol. The predicted octanol–water partition coefficient (Wildman–Crippen LogP) is 6.39. The fourth-order valence-corrected chi connectivity index (χ4v) is 1.04. The molecule has 0 aliphatic heterocycles. The van der Waals surface area contributed by atoms with Crippen LogP contribution in [0, 0.1) is 0 Å². The third-order valence-electron chi connectivity index (χ3n) is 1.50. The summed E-state index contributed by atoms with van der Waals surface area (Å²) in [6.07, 6.45) is 6.29. The second-order valence-electron chi connectivity index (χ2n) is 4.19. The SMILES string of the molecule is CC(C)OC(C)C.CCCCCC.ClC(Cl)Cl. The average Bonchev–Trinajstić information content (AvgIpc) is 2.12. The molecule has 0 aliphatic rings. The first-order chi connectivity index (χ1) is 7.77. The third kappa shape index (κ3) is 60.4. The second kappa shape index (κ2) is 19.2. The van der Waals surface area contributed by atoms with Gasteiger partial charge in [0.05, 0.1) is 12.2 Å². The lowest BCUT2D eigenvalue weighted by Gasteiger charge is -2.09. The molecule has 0 rings (SSSR count). The van der Waals surface area contributed by atoms with Gasteiger partial charge in [-0.25, -0.2) is 0 Å². The van der Waals surface area contributed by atoms with E-state index < -0.39 is 4.30 Å². The lowest BCUT2D eigenvalue weighted by atomic mass is 10.2. The van der Waals surface area contributed by atoms with Crippen molar-refractivity contribution in [2.45, 2.75) is 83.7 Å². The van der Waals surface area contributed by atoms with Crippen molar-refractivity contribution in [3.05, 3.63) is 0 Å². The molecule has 108 valence electrons. The minimum Gasteiger partial charge on any atom is -0.376 e. The van der Waals surface area contributed by atoms with Gasteiger partial charge in [-0.1, -0.05) is 74.3 Å². The van der Waals surface area contributed by atoms with Crippen LogP contribution in [0.25, 0.3) is 0 Å². The number of halogens is 3. The summed E-state index contributed by atoms with van der Waals surface area (Å²) in [6, 6.07) is 0. The first-order valence-electron chi connectivity index (χ1n) is 6.35. The van der Waals surface area contributed by atoms with Gasteiger partial charge in [0.15, 0.2) is 4.30 Å². The molecule has 0 amide bonds. The molecule has 0 aromatic rings. The summed E-state index contributed by atoms with van der Waals surface area (Å²) in [4.78, 5) is 0. The zero-order valence-corrected chi connectivity index (χ0v) is 14.4. The molecule has 0 heterocycles. The molecular weight excluding hydrogens is 279 g/mol. The molecule has 0 unspecified atom stereocenters. The molecule has 0 N–H and O–H groups in total. The minimum atomic E-state index is -0.750. The number of unbranched alkanes of at least 4 members (excludes halogenated alkanes) is 3. The Morgan fingerprint density at radius 2 is 1.00 bits per heavy atom. The van der Waals surface area contributed by atoms with Gasteiger partial charge in [0.25, 0.3) is 0 Å². The summed E-state index contributed by atoms with van der Waals surface area (Å²) in [5.41, 5.74) is 0. The van der Waals surface area contributed by atoms with Crippen LogP contribution in [0.3, 0.4) is 0 Å². The third-order valence-corrected chi connectivity index (χ3v) is 1.50. The van der Waals surface area contributed by atoms with Gasteiger partial charge in [-0.2, -0.15) is 0 Å². The van der Waals surface area contributed by atoms with Gasteiger partial charge in [-0.3, -0.25) is 0 Å². The molecule has 0 spiro atoms. The van der Waals surface area contributed by atoms with Crippen LogP contribution in [0.4, 0.5) is 0 Å². The highest BCUT2D eigenvalue weighted by atomic mass is 35.6. The topological polar surface area (TPSA) is 9.23 Å². The molecule has 0 aromatic carbocycles. The van der Waals surface area contributed by atoms with Crippen molar-refractivity contribution in [2.24, 2.45) is 0 Å². The number of rotatable bonds is 5. The van der Waals surface area contributed by atoms with Gasteiger partial charge >= 0.3 is 0 Å². The van der Waals surface area contributed by atoms with Crippen LogP contribution in [-0.2, 0) is 4.74 Å². The van der Waals surface area contributed by atoms with Crippen molar-refractivity contribution < 1.29 is 4.74 Å². The fraction of sp³-hybridized carbons (Fsp3) is 1.00. The Morgan fingerprint density at radius 3 is 1.06 bits per heavy atom. The summed E-state index contributed by atoms with van der Waals surface area (Å²) in [5.74, 6) is 0. The molecule has 0 bridgehead atoms. The van der Waals surface area contributed by atoms with E-state index in [1.165, 1.54) is 25.7 Å².